The Morgan fingerprint density at radius 2 is 1.94 bits per heavy atom. The molecule has 0 aromatic carbocycles. The molecule has 0 amide bonds. The van der Waals surface area contributed by atoms with Crippen LogP contribution in [-0.2, 0) is 10.1 Å². The molecule has 1 rings (SSSR count). The summed E-state index contributed by atoms with van der Waals surface area (Å²) in [5.74, 6) is -0.643. The summed E-state index contributed by atoms with van der Waals surface area (Å²) in [7, 11) is -4.56. The first-order chi connectivity index (χ1) is 7.07. The summed E-state index contributed by atoms with van der Waals surface area (Å²) in [6, 6.07) is 0. The minimum Gasteiger partial charge on any atom is -0.285 e. The molecule has 1 fully saturated rings. The average Bonchev–Trinajstić information content (AvgIpc) is 2.06. The Balaban J connectivity index is 3.11. The van der Waals surface area contributed by atoms with Crippen molar-refractivity contribution in [3.05, 3.63) is 0 Å². The van der Waals surface area contributed by atoms with E-state index in [1.807, 2.05) is 0 Å². The molecule has 16 heavy (non-hydrogen) atoms. The molecule has 4 atom stereocenters. The molecular weight excluding hydrogens is 238 g/mol. The highest BCUT2D eigenvalue weighted by atomic mass is 32.2. The second kappa shape index (κ2) is 4.22. The van der Waals surface area contributed by atoms with Gasteiger partial charge < -0.3 is 0 Å². The van der Waals surface area contributed by atoms with Crippen molar-refractivity contribution in [2.45, 2.75) is 50.7 Å². The van der Waals surface area contributed by atoms with Gasteiger partial charge >= 0.3 is 0 Å². The lowest BCUT2D eigenvalue weighted by molar-refractivity contribution is 0.000458. The van der Waals surface area contributed by atoms with E-state index in [-0.39, 0.29) is 18.8 Å². The molecule has 1 aliphatic rings. The van der Waals surface area contributed by atoms with Crippen LogP contribution in [-0.4, -0.2) is 30.1 Å². The van der Waals surface area contributed by atoms with Crippen LogP contribution in [0.1, 0.15) is 33.6 Å². The van der Waals surface area contributed by atoms with Gasteiger partial charge in [-0.1, -0.05) is 13.8 Å². The molecule has 96 valence electrons. The van der Waals surface area contributed by atoms with E-state index in [0.717, 1.165) is 6.92 Å². The second-order valence-electron chi connectivity index (χ2n) is 5.11. The van der Waals surface area contributed by atoms with Crippen molar-refractivity contribution >= 4 is 10.1 Å². The monoisotopic (exact) mass is 256 g/mol. The fourth-order valence-corrected chi connectivity index (χ4v) is 3.87. The largest absolute Gasteiger partial charge is 0.285 e. The molecule has 0 saturated heterocycles. The van der Waals surface area contributed by atoms with Crippen LogP contribution in [0.15, 0.2) is 0 Å². The van der Waals surface area contributed by atoms with Gasteiger partial charge in [0.25, 0.3) is 10.1 Å². The van der Waals surface area contributed by atoms with Gasteiger partial charge in [-0.05, 0) is 31.6 Å². The molecule has 6 heteroatoms. The minimum absolute atomic E-state index is 0.0109. The molecule has 0 aromatic rings. The lowest BCUT2D eigenvalue weighted by atomic mass is 9.74. The predicted octanol–water partition coefficient (Wildman–Crippen LogP) is 2.38. The quantitative estimate of drug-likeness (QED) is 0.772. The summed E-state index contributed by atoms with van der Waals surface area (Å²) in [6.45, 7) is 4.54. The highest BCUT2D eigenvalue weighted by Gasteiger charge is 2.53. The average molecular weight is 256 g/mol. The summed E-state index contributed by atoms with van der Waals surface area (Å²) in [5.41, 5.74) is -2.17. The van der Waals surface area contributed by atoms with Crippen LogP contribution in [0.5, 0.6) is 0 Å². The number of hydrogen-bond acceptors (Lipinski definition) is 2. The number of rotatable bonds is 2. The molecule has 3 nitrogen and oxygen atoms in total. The summed E-state index contributed by atoms with van der Waals surface area (Å²) in [6.07, 6.45) is -1.90. The number of halogens is 2. The maximum atomic E-state index is 13.8. The molecule has 0 spiro atoms. The fraction of sp³-hybridized carbons (Fsp3) is 1.00. The highest BCUT2D eigenvalue weighted by molar-refractivity contribution is 7.86. The van der Waals surface area contributed by atoms with E-state index in [9.17, 15) is 17.2 Å². The molecule has 0 heterocycles. The molecule has 0 aromatic heterocycles. The molecule has 0 aliphatic heterocycles. The van der Waals surface area contributed by atoms with Crippen molar-refractivity contribution in [2.75, 3.05) is 0 Å². The predicted molar refractivity (Wildman–Crippen MR) is 57.3 cm³/mol. The zero-order chi connectivity index (χ0) is 12.7. The smallest absolute Gasteiger partial charge is 0.271 e. The Morgan fingerprint density at radius 1 is 1.44 bits per heavy atom. The molecule has 0 bridgehead atoms. The van der Waals surface area contributed by atoms with Gasteiger partial charge in [-0.2, -0.15) is 8.42 Å². The zero-order valence-corrected chi connectivity index (χ0v) is 10.5. The third-order valence-corrected chi connectivity index (χ3v) is 4.73. The van der Waals surface area contributed by atoms with Gasteiger partial charge in [0.05, 0.1) is 0 Å². The Bertz CT molecular complexity index is 349. The van der Waals surface area contributed by atoms with Crippen molar-refractivity contribution in [3.8, 4) is 0 Å². The lowest BCUT2D eigenvalue weighted by Gasteiger charge is -2.41. The van der Waals surface area contributed by atoms with E-state index in [1.54, 1.807) is 13.8 Å². The summed E-state index contributed by atoms with van der Waals surface area (Å²) >= 11 is 0. The van der Waals surface area contributed by atoms with Gasteiger partial charge in [0.15, 0.2) is 6.17 Å². The summed E-state index contributed by atoms with van der Waals surface area (Å²) in [5, 5.41) is -1.64. The lowest BCUT2D eigenvalue weighted by Crippen LogP contribution is -2.53. The maximum Gasteiger partial charge on any atom is 0.271 e. The Morgan fingerprint density at radius 3 is 2.31 bits per heavy atom. The van der Waals surface area contributed by atoms with E-state index < -0.39 is 33.1 Å². The second-order valence-corrected chi connectivity index (χ2v) is 6.68. The van der Waals surface area contributed by atoms with Gasteiger partial charge in [-0.15, -0.1) is 0 Å². The van der Waals surface area contributed by atoms with Crippen LogP contribution >= 0.6 is 0 Å². The molecule has 1 saturated carbocycles. The van der Waals surface area contributed by atoms with E-state index >= 15 is 0 Å². The Kier molecular flexibility index (Phi) is 3.65. The van der Waals surface area contributed by atoms with E-state index in [0.29, 0.717) is 0 Å². The van der Waals surface area contributed by atoms with Crippen LogP contribution < -0.4 is 0 Å². The van der Waals surface area contributed by atoms with Gasteiger partial charge in [-0.3, -0.25) is 4.55 Å². The van der Waals surface area contributed by atoms with Crippen LogP contribution in [0, 0.1) is 11.8 Å². The normalized spacial score (nSPS) is 41.3. The van der Waals surface area contributed by atoms with Crippen LogP contribution in [0.25, 0.3) is 0 Å². The SMILES string of the molecule is CC(C)C1CCC(C)(F)C(F)C1S(=O)(=O)O. The minimum atomic E-state index is -4.56. The van der Waals surface area contributed by atoms with Gasteiger partial charge in [0.2, 0.25) is 0 Å². The third-order valence-electron chi connectivity index (χ3n) is 3.45. The Hall–Kier alpha value is -0.230. The highest BCUT2D eigenvalue weighted by Crippen LogP contribution is 2.42. The fourth-order valence-electron chi connectivity index (χ4n) is 2.40. The van der Waals surface area contributed by atoms with Crippen molar-refractivity contribution in [1.82, 2.24) is 0 Å². The third kappa shape index (κ3) is 2.53. The maximum absolute atomic E-state index is 13.8. The summed E-state index contributed by atoms with van der Waals surface area (Å²) in [4.78, 5) is 0. The molecule has 0 radical (unpaired) electrons. The van der Waals surface area contributed by atoms with Crippen molar-refractivity contribution in [1.29, 1.82) is 0 Å². The first kappa shape index (κ1) is 13.8. The van der Waals surface area contributed by atoms with Gasteiger partial charge in [-0.25, -0.2) is 8.78 Å². The van der Waals surface area contributed by atoms with Crippen molar-refractivity contribution in [3.63, 3.8) is 0 Å². The topological polar surface area (TPSA) is 54.4 Å². The molecule has 1 aliphatic carbocycles. The molecule has 4 unspecified atom stereocenters. The number of alkyl halides is 2. The van der Waals surface area contributed by atoms with Crippen LogP contribution in [0.4, 0.5) is 8.78 Å². The Labute approximate surface area is 95.0 Å². The van der Waals surface area contributed by atoms with E-state index in [1.165, 1.54) is 0 Å². The van der Waals surface area contributed by atoms with Gasteiger partial charge in [0.1, 0.15) is 10.9 Å². The standard InChI is InChI=1S/C10H18F2O3S/c1-6(2)7-4-5-10(3,12)9(11)8(7)16(13,14)15/h6-9H,4-5H2,1-3H3,(H,13,14,15). The molecule has 1 N–H and O–H groups in total. The van der Waals surface area contributed by atoms with Crippen molar-refractivity contribution in [2.24, 2.45) is 11.8 Å². The zero-order valence-electron chi connectivity index (χ0n) is 9.65. The first-order valence-corrected chi connectivity index (χ1v) is 6.87. The van der Waals surface area contributed by atoms with Gasteiger partial charge in [0, 0.05) is 0 Å². The van der Waals surface area contributed by atoms with E-state index in [4.69, 9.17) is 4.55 Å². The molecular formula is C10H18F2O3S. The first-order valence-electron chi connectivity index (χ1n) is 5.36. The van der Waals surface area contributed by atoms with Crippen LogP contribution in [0.3, 0.4) is 0 Å². The van der Waals surface area contributed by atoms with Crippen LogP contribution in [0.2, 0.25) is 0 Å². The number of hydrogen-bond donors (Lipinski definition) is 1. The van der Waals surface area contributed by atoms with Crippen molar-refractivity contribution < 1.29 is 21.8 Å². The summed E-state index contributed by atoms with van der Waals surface area (Å²) < 4.78 is 58.9. The van der Waals surface area contributed by atoms with E-state index in [2.05, 4.69) is 0 Å².